The van der Waals surface area contributed by atoms with Gasteiger partial charge in [-0.15, -0.1) is 0 Å². The van der Waals surface area contributed by atoms with Crippen molar-refractivity contribution in [2.24, 2.45) is 12.0 Å². The van der Waals surface area contributed by atoms with Crippen LogP contribution in [0.1, 0.15) is 44.7 Å². The van der Waals surface area contributed by atoms with Gasteiger partial charge in [0.25, 0.3) is 0 Å². The highest BCUT2D eigenvalue weighted by Gasteiger charge is 2.39. The minimum Gasteiger partial charge on any atom is -0.357 e. The predicted octanol–water partition coefficient (Wildman–Crippen LogP) is 1.43. The molecular weight excluding hydrogens is 338 g/mol. The molecule has 2 aliphatic heterocycles. The smallest absolute Gasteiger partial charge is 0.191 e. The van der Waals surface area contributed by atoms with Crippen LogP contribution in [0.2, 0.25) is 0 Å². The summed E-state index contributed by atoms with van der Waals surface area (Å²) in [6.45, 7) is 9.46. The number of nitrogens with zero attached hydrogens (tertiary/aromatic N) is 5. The molecule has 1 aromatic rings. The number of guanidine groups is 1. The average molecular weight is 376 g/mol. The Labute approximate surface area is 164 Å². The zero-order valence-corrected chi connectivity index (χ0v) is 17.4. The molecule has 2 N–H and O–H groups in total. The lowest BCUT2D eigenvalue weighted by Crippen LogP contribution is -2.62. The number of aromatic nitrogens is 2. The molecule has 7 nitrogen and oxygen atoms in total. The molecule has 2 fully saturated rings. The van der Waals surface area contributed by atoms with Gasteiger partial charge in [-0.2, -0.15) is 5.10 Å². The Bertz CT molecular complexity index is 595. The van der Waals surface area contributed by atoms with Crippen molar-refractivity contribution in [2.45, 2.75) is 51.1 Å². The van der Waals surface area contributed by atoms with Gasteiger partial charge in [-0.3, -0.25) is 9.58 Å². The van der Waals surface area contributed by atoms with E-state index in [1.54, 1.807) is 0 Å². The van der Waals surface area contributed by atoms with Gasteiger partial charge in [0.15, 0.2) is 5.96 Å². The van der Waals surface area contributed by atoms with Gasteiger partial charge in [0.05, 0.1) is 12.2 Å². The van der Waals surface area contributed by atoms with Crippen molar-refractivity contribution in [3.63, 3.8) is 0 Å². The third-order valence-corrected chi connectivity index (χ3v) is 6.20. The van der Waals surface area contributed by atoms with Gasteiger partial charge in [-0.1, -0.05) is 6.42 Å². The summed E-state index contributed by atoms with van der Waals surface area (Å²) in [4.78, 5) is 10.0. The van der Waals surface area contributed by atoms with E-state index < -0.39 is 0 Å². The van der Waals surface area contributed by atoms with E-state index in [4.69, 9.17) is 4.99 Å². The van der Waals surface area contributed by atoms with Crippen LogP contribution in [0.25, 0.3) is 0 Å². The topological polar surface area (TPSA) is 60.7 Å². The van der Waals surface area contributed by atoms with Crippen LogP contribution in [-0.4, -0.2) is 77.4 Å². The maximum absolute atomic E-state index is 4.80. The number of aryl methyl sites for hydroxylation is 1. The normalized spacial score (nSPS) is 22.0. The summed E-state index contributed by atoms with van der Waals surface area (Å²) in [5.41, 5.74) is 1.38. The number of likely N-dealkylation sites (tertiary alicyclic amines) is 2. The number of rotatable bonds is 6. The van der Waals surface area contributed by atoms with Crippen molar-refractivity contribution >= 4 is 5.96 Å². The molecule has 0 bridgehead atoms. The molecule has 0 unspecified atom stereocenters. The first-order valence-corrected chi connectivity index (χ1v) is 10.6. The lowest BCUT2D eigenvalue weighted by molar-refractivity contribution is 0.0173. The van der Waals surface area contributed by atoms with E-state index in [0.717, 1.165) is 24.7 Å². The Kier molecular flexibility index (Phi) is 7.13. The third-order valence-electron chi connectivity index (χ3n) is 6.20. The van der Waals surface area contributed by atoms with Crippen LogP contribution in [0.3, 0.4) is 0 Å². The summed E-state index contributed by atoms with van der Waals surface area (Å²) in [5.74, 6) is 0.911. The van der Waals surface area contributed by atoms with Gasteiger partial charge >= 0.3 is 0 Å². The molecule has 27 heavy (non-hydrogen) atoms. The van der Waals surface area contributed by atoms with E-state index in [1.807, 2.05) is 24.0 Å². The van der Waals surface area contributed by atoms with E-state index in [1.165, 1.54) is 58.3 Å². The second-order valence-electron chi connectivity index (χ2n) is 8.07. The lowest BCUT2D eigenvalue weighted by atomic mass is 9.84. The summed E-state index contributed by atoms with van der Waals surface area (Å²) in [6, 6.07) is 2.03. The van der Waals surface area contributed by atoms with Crippen molar-refractivity contribution in [3.8, 4) is 0 Å². The quantitative estimate of drug-likeness (QED) is 0.582. The Morgan fingerprint density at radius 1 is 1.11 bits per heavy atom. The fourth-order valence-corrected chi connectivity index (χ4v) is 4.31. The molecule has 3 rings (SSSR count). The minimum atomic E-state index is 0.260. The molecule has 2 saturated heterocycles. The molecule has 2 aliphatic rings. The molecule has 1 aromatic heterocycles. The van der Waals surface area contributed by atoms with Gasteiger partial charge < -0.3 is 15.5 Å². The summed E-state index contributed by atoms with van der Waals surface area (Å²) in [7, 11) is 4.21. The van der Waals surface area contributed by atoms with Crippen LogP contribution in [0.15, 0.2) is 17.3 Å². The van der Waals surface area contributed by atoms with Crippen LogP contribution in [0, 0.1) is 0 Å². The maximum atomic E-state index is 4.80. The molecule has 7 heteroatoms. The zero-order valence-electron chi connectivity index (χ0n) is 17.4. The van der Waals surface area contributed by atoms with Crippen molar-refractivity contribution in [1.29, 1.82) is 0 Å². The van der Waals surface area contributed by atoms with Crippen LogP contribution in [0.4, 0.5) is 0 Å². The molecule has 0 spiro atoms. The van der Waals surface area contributed by atoms with Gasteiger partial charge in [-0.05, 0) is 71.9 Å². The molecule has 0 saturated carbocycles. The van der Waals surface area contributed by atoms with Gasteiger partial charge in [-0.25, -0.2) is 4.99 Å². The first-order chi connectivity index (χ1) is 13.1. The fourth-order valence-electron chi connectivity index (χ4n) is 4.31. The average Bonchev–Trinajstić information content (AvgIpc) is 3.11. The van der Waals surface area contributed by atoms with Crippen molar-refractivity contribution < 1.29 is 0 Å². The highest BCUT2D eigenvalue weighted by atomic mass is 15.3. The second kappa shape index (κ2) is 9.55. The molecule has 0 radical (unpaired) electrons. The molecular formula is C20H37N7. The first kappa shape index (κ1) is 20.1. The lowest BCUT2D eigenvalue weighted by Gasteiger charge is -2.50. The van der Waals surface area contributed by atoms with Crippen molar-refractivity contribution in [1.82, 2.24) is 30.2 Å². The van der Waals surface area contributed by atoms with E-state index in [9.17, 15) is 0 Å². The molecule has 152 valence electrons. The van der Waals surface area contributed by atoms with Gasteiger partial charge in [0.2, 0.25) is 0 Å². The number of aliphatic imine (C=N–C) groups is 1. The SMILES string of the molecule is CCNC(=NCc1ccnn1C)NCC1(N2CCCCC2)CCN(C)CC1. The highest BCUT2D eigenvalue weighted by molar-refractivity contribution is 5.79. The molecule has 0 atom stereocenters. The van der Waals surface area contributed by atoms with E-state index >= 15 is 0 Å². The molecule has 3 heterocycles. The molecule has 0 amide bonds. The number of hydrogen-bond donors (Lipinski definition) is 2. The first-order valence-electron chi connectivity index (χ1n) is 10.6. The summed E-state index contributed by atoms with van der Waals surface area (Å²) >= 11 is 0. The summed E-state index contributed by atoms with van der Waals surface area (Å²) in [5, 5.41) is 11.3. The van der Waals surface area contributed by atoms with Crippen molar-refractivity contribution in [2.75, 3.05) is 46.3 Å². The maximum Gasteiger partial charge on any atom is 0.191 e. The van der Waals surface area contributed by atoms with Crippen LogP contribution in [0.5, 0.6) is 0 Å². The fraction of sp³-hybridized carbons (Fsp3) is 0.800. The zero-order chi connectivity index (χ0) is 19.1. The Hall–Kier alpha value is -1.60. The molecule has 0 aliphatic carbocycles. The van der Waals surface area contributed by atoms with Crippen LogP contribution < -0.4 is 10.6 Å². The van der Waals surface area contributed by atoms with E-state index in [2.05, 4.69) is 39.5 Å². The van der Waals surface area contributed by atoms with E-state index in [0.29, 0.717) is 6.54 Å². The largest absolute Gasteiger partial charge is 0.357 e. The Morgan fingerprint density at radius 3 is 2.48 bits per heavy atom. The minimum absolute atomic E-state index is 0.260. The van der Waals surface area contributed by atoms with Gasteiger partial charge in [0.1, 0.15) is 0 Å². The van der Waals surface area contributed by atoms with E-state index in [-0.39, 0.29) is 5.54 Å². The van der Waals surface area contributed by atoms with Gasteiger partial charge in [0, 0.05) is 31.9 Å². The Balaban J connectivity index is 1.66. The highest BCUT2D eigenvalue weighted by Crippen LogP contribution is 2.30. The Morgan fingerprint density at radius 2 is 1.85 bits per heavy atom. The second-order valence-corrected chi connectivity index (χ2v) is 8.07. The number of hydrogen-bond acceptors (Lipinski definition) is 4. The standard InChI is InChI=1S/C20H37N7/c1-4-21-19(22-16-18-8-11-24-26(18)3)23-17-20(9-14-25(2)15-10-20)27-12-6-5-7-13-27/h8,11H,4-7,9-10,12-17H2,1-3H3,(H2,21,22,23). The summed E-state index contributed by atoms with van der Waals surface area (Å²) in [6.07, 6.45) is 8.36. The molecule has 0 aromatic carbocycles. The monoisotopic (exact) mass is 375 g/mol. The number of piperidine rings is 2. The van der Waals surface area contributed by atoms with Crippen LogP contribution >= 0.6 is 0 Å². The van der Waals surface area contributed by atoms with Crippen molar-refractivity contribution in [3.05, 3.63) is 18.0 Å². The predicted molar refractivity (Wildman–Crippen MR) is 111 cm³/mol. The number of nitrogens with one attached hydrogen (secondary N) is 2. The summed E-state index contributed by atoms with van der Waals surface area (Å²) < 4.78 is 1.89. The van der Waals surface area contributed by atoms with Crippen LogP contribution in [-0.2, 0) is 13.6 Å². The third kappa shape index (κ3) is 5.23.